The largest absolute Gasteiger partial charge is 0.392 e. The van der Waals surface area contributed by atoms with Crippen molar-refractivity contribution in [2.45, 2.75) is 29.8 Å². The van der Waals surface area contributed by atoms with Crippen molar-refractivity contribution in [1.82, 2.24) is 0 Å². The van der Waals surface area contributed by atoms with Crippen LogP contribution in [-0.4, -0.2) is 17.0 Å². The smallest absolute Gasteiger partial charge is 0.0626 e. The maximum atomic E-state index is 10.0. The first-order valence-electron chi connectivity index (χ1n) is 5.16. The van der Waals surface area contributed by atoms with Gasteiger partial charge in [0.1, 0.15) is 0 Å². The Morgan fingerprint density at radius 1 is 1.53 bits per heavy atom. The van der Waals surface area contributed by atoms with E-state index in [9.17, 15) is 5.11 Å². The van der Waals surface area contributed by atoms with Crippen molar-refractivity contribution in [2.24, 2.45) is 0 Å². The number of terminal acetylenes is 1. The molecule has 1 aromatic rings. The summed E-state index contributed by atoms with van der Waals surface area (Å²) in [6, 6.07) is 8.31. The molecule has 15 heavy (non-hydrogen) atoms. The van der Waals surface area contributed by atoms with E-state index >= 15 is 0 Å². The predicted octanol–water partition coefficient (Wildman–Crippen LogP) is 2.65. The minimum absolute atomic E-state index is 0.263. The van der Waals surface area contributed by atoms with E-state index in [4.69, 9.17) is 6.42 Å². The number of benzene rings is 1. The van der Waals surface area contributed by atoms with Gasteiger partial charge in [-0.15, -0.1) is 24.1 Å². The monoisotopic (exact) mass is 218 g/mol. The van der Waals surface area contributed by atoms with Crippen molar-refractivity contribution < 1.29 is 5.11 Å². The highest BCUT2D eigenvalue weighted by molar-refractivity contribution is 7.99. The van der Waals surface area contributed by atoms with Gasteiger partial charge in [0.2, 0.25) is 0 Å². The highest BCUT2D eigenvalue weighted by Crippen LogP contribution is 2.41. The molecule has 1 nitrogen and oxygen atoms in total. The van der Waals surface area contributed by atoms with E-state index in [-0.39, 0.29) is 12.0 Å². The van der Waals surface area contributed by atoms with Crippen molar-refractivity contribution in [3.05, 3.63) is 29.8 Å². The average molecular weight is 218 g/mol. The summed E-state index contributed by atoms with van der Waals surface area (Å²) >= 11 is 1.83. The van der Waals surface area contributed by atoms with Crippen molar-refractivity contribution >= 4 is 11.8 Å². The number of rotatable bonds is 3. The number of hydrogen-bond donors (Lipinski definition) is 1. The fraction of sp³-hybridized carbons (Fsp3) is 0.385. The molecule has 0 bridgehead atoms. The molecule has 0 spiro atoms. The molecular weight excluding hydrogens is 204 g/mol. The highest BCUT2D eigenvalue weighted by atomic mass is 32.2. The molecule has 2 atom stereocenters. The van der Waals surface area contributed by atoms with Gasteiger partial charge in [0, 0.05) is 23.0 Å². The first-order chi connectivity index (χ1) is 7.33. The first kappa shape index (κ1) is 10.6. The molecule has 0 saturated carbocycles. The van der Waals surface area contributed by atoms with Gasteiger partial charge < -0.3 is 5.11 Å². The molecule has 1 aromatic carbocycles. The molecule has 0 fully saturated rings. The lowest BCUT2D eigenvalue weighted by molar-refractivity contribution is 0.143. The zero-order chi connectivity index (χ0) is 10.7. The fourth-order valence-corrected chi connectivity index (χ4v) is 3.26. The van der Waals surface area contributed by atoms with Gasteiger partial charge in [0.05, 0.1) is 6.10 Å². The Labute approximate surface area is 94.9 Å². The van der Waals surface area contributed by atoms with E-state index in [2.05, 4.69) is 18.1 Å². The summed E-state index contributed by atoms with van der Waals surface area (Å²) in [5.41, 5.74) is 1.28. The molecule has 78 valence electrons. The Kier molecular flexibility index (Phi) is 3.35. The lowest BCUT2D eigenvalue weighted by Gasteiger charge is -2.17. The van der Waals surface area contributed by atoms with E-state index in [1.807, 2.05) is 23.9 Å². The lowest BCUT2D eigenvalue weighted by Crippen LogP contribution is -2.18. The standard InChI is InChI=1S/C13H14OS/c1-2-3-7-12(14)11-9-15-13-8-5-4-6-10(11)13/h1,4-6,8,11-12,14H,3,7,9H2. The van der Waals surface area contributed by atoms with Crippen LogP contribution in [0.5, 0.6) is 0 Å². The highest BCUT2D eigenvalue weighted by Gasteiger charge is 2.28. The third-order valence-electron chi connectivity index (χ3n) is 2.79. The van der Waals surface area contributed by atoms with Crippen LogP contribution in [0.2, 0.25) is 0 Å². The van der Waals surface area contributed by atoms with E-state index in [1.165, 1.54) is 10.5 Å². The van der Waals surface area contributed by atoms with Crippen molar-refractivity contribution in [1.29, 1.82) is 0 Å². The van der Waals surface area contributed by atoms with Crippen LogP contribution in [0.25, 0.3) is 0 Å². The topological polar surface area (TPSA) is 20.2 Å². The van der Waals surface area contributed by atoms with Gasteiger partial charge in [-0.1, -0.05) is 18.2 Å². The Hall–Kier alpha value is -0.910. The number of fused-ring (bicyclic) bond motifs is 1. The maximum Gasteiger partial charge on any atom is 0.0626 e. The zero-order valence-corrected chi connectivity index (χ0v) is 9.33. The van der Waals surface area contributed by atoms with Gasteiger partial charge in [0.25, 0.3) is 0 Å². The predicted molar refractivity (Wildman–Crippen MR) is 64.0 cm³/mol. The van der Waals surface area contributed by atoms with E-state index in [0.717, 1.165) is 5.75 Å². The Bertz CT molecular complexity index is 380. The Balaban J connectivity index is 2.10. The molecule has 2 unspecified atom stereocenters. The summed E-state index contributed by atoms with van der Waals surface area (Å²) in [5.74, 6) is 3.82. The molecular formula is C13H14OS. The maximum absolute atomic E-state index is 10.0. The normalized spacial score (nSPS) is 20.7. The molecule has 1 N–H and O–H groups in total. The second-order valence-corrected chi connectivity index (χ2v) is 4.83. The number of thioether (sulfide) groups is 1. The van der Waals surface area contributed by atoms with E-state index in [1.54, 1.807) is 0 Å². The SMILES string of the molecule is C#CCCC(O)C1CSc2ccccc21. The molecule has 1 aliphatic rings. The summed E-state index contributed by atoms with van der Waals surface area (Å²) in [5, 5.41) is 10.0. The van der Waals surface area contributed by atoms with Crippen molar-refractivity contribution in [3.8, 4) is 12.3 Å². The summed E-state index contributed by atoms with van der Waals surface area (Å²) in [7, 11) is 0. The van der Waals surface area contributed by atoms with Gasteiger partial charge in [-0.05, 0) is 18.1 Å². The third-order valence-corrected chi connectivity index (χ3v) is 3.99. The lowest BCUT2D eigenvalue weighted by atomic mass is 9.93. The molecule has 2 rings (SSSR count). The van der Waals surface area contributed by atoms with Crippen LogP contribution < -0.4 is 0 Å². The molecule has 0 aromatic heterocycles. The van der Waals surface area contributed by atoms with Crippen LogP contribution in [0.1, 0.15) is 24.3 Å². The molecule has 0 radical (unpaired) electrons. The third kappa shape index (κ3) is 2.19. The van der Waals surface area contributed by atoms with Gasteiger partial charge in [-0.2, -0.15) is 0 Å². The molecule has 0 aliphatic carbocycles. The summed E-state index contributed by atoms with van der Waals surface area (Å²) in [6.07, 6.45) is 6.27. The van der Waals surface area contributed by atoms with Crippen molar-refractivity contribution in [2.75, 3.05) is 5.75 Å². The average Bonchev–Trinajstić information content (AvgIpc) is 2.69. The summed E-state index contributed by atoms with van der Waals surface area (Å²) in [6.45, 7) is 0. The fourth-order valence-electron chi connectivity index (χ4n) is 1.94. The molecule has 0 saturated heterocycles. The van der Waals surface area contributed by atoms with Crippen LogP contribution in [0, 0.1) is 12.3 Å². The van der Waals surface area contributed by atoms with Gasteiger partial charge in [-0.3, -0.25) is 0 Å². The summed E-state index contributed by atoms with van der Waals surface area (Å²) < 4.78 is 0. The number of hydrogen-bond acceptors (Lipinski definition) is 2. The van der Waals surface area contributed by atoms with Crippen molar-refractivity contribution in [3.63, 3.8) is 0 Å². The van der Waals surface area contributed by atoms with Crippen LogP contribution in [0.4, 0.5) is 0 Å². The number of aliphatic hydroxyl groups excluding tert-OH is 1. The molecule has 0 amide bonds. The minimum Gasteiger partial charge on any atom is -0.392 e. The number of aliphatic hydroxyl groups is 1. The Morgan fingerprint density at radius 2 is 2.33 bits per heavy atom. The minimum atomic E-state index is -0.294. The van der Waals surface area contributed by atoms with Crippen LogP contribution in [0.15, 0.2) is 29.2 Å². The van der Waals surface area contributed by atoms with Gasteiger partial charge in [-0.25, -0.2) is 0 Å². The quantitative estimate of drug-likeness (QED) is 0.787. The second kappa shape index (κ2) is 4.74. The Morgan fingerprint density at radius 3 is 3.13 bits per heavy atom. The molecule has 1 aliphatic heterocycles. The van der Waals surface area contributed by atoms with Gasteiger partial charge >= 0.3 is 0 Å². The van der Waals surface area contributed by atoms with E-state index in [0.29, 0.717) is 12.8 Å². The second-order valence-electron chi connectivity index (χ2n) is 3.77. The van der Waals surface area contributed by atoms with Crippen LogP contribution in [0.3, 0.4) is 0 Å². The van der Waals surface area contributed by atoms with Gasteiger partial charge in [0.15, 0.2) is 0 Å². The van der Waals surface area contributed by atoms with Crippen LogP contribution >= 0.6 is 11.8 Å². The molecule has 2 heteroatoms. The van der Waals surface area contributed by atoms with Crippen LogP contribution in [-0.2, 0) is 0 Å². The van der Waals surface area contributed by atoms with E-state index < -0.39 is 0 Å². The molecule has 1 heterocycles. The first-order valence-corrected chi connectivity index (χ1v) is 6.14. The zero-order valence-electron chi connectivity index (χ0n) is 8.52. The summed E-state index contributed by atoms with van der Waals surface area (Å²) in [4.78, 5) is 1.31.